The summed E-state index contributed by atoms with van der Waals surface area (Å²) in [5.74, 6) is 0.399. The van der Waals surface area contributed by atoms with E-state index in [4.69, 9.17) is 17.3 Å². The van der Waals surface area contributed by atoms with Crippen molar-refractivity contribution in [2.45, 2.75) is 13.0 Å². The van der Waals surface area contributed by atoms with Gasteiger partial charge in [-0.05, 0) is 36.4 Å². The van der Waals surface area contributed by atoms with Crippen molar-refractivity contribution in [3.8, 4) is 11.4 Å². The van der Waals surface area contributed by atoms with Gasteiger partial charge in [-0.1, -0.05) is 11.6 Å². The Kier molecular flexibility index (Phi) is 3.58. The predicted octanol–water partition coefficient (Wildman–Crippen LogP) is 2.63. The van der Waals surface area contributed by atoms with Crippen LogP contribution in [0.1, 0.15) is 6.42 Å². The summed E-state index contributed by atoms with van der Waals surface area (Å²) in [6, 6.07) is 11.1. The summed E-state index contributed by atoms with van der Waals surface area (Å²) in [4.78, 5) is 20.0. The molecule has 3 rings (SSSR count). The molecule has 0 unspecified atom stereocenters. The van der Waals surface area contributed by atoms with Gasteiger partial charge in [-0.3, -0.25) is 4.79 Å². The van der Waals surface area contributed by atoms with E-state index < -0.39 is 0 Å². The Morgan fingerprint density at radius 2 is 2.00 bits per heavy atom. The highest BCUT2D eigenvalue weighted by Crippen LogP contribution is 2.25. The Hall–Kier alpha value is -2.40. The van der Waals surface area contributed by atoms with E-state index in [1.54, 1.807) is 6.20 Å². The number of primary amides is 1. The van der Waals surface area contributed by atoms with Gasteiger partial charge >= 0.3 is 0 Å². The highest BCUT2D eigenvalue weighted by atomic mass is 35.5. The molecule has 0 saturated heterocycles. The lowest BCUT2D eigenvalue weighted by molar-refractivity contribution is -0.118. The fraction of sp³-hybridized carbons (Fsp3) is 0.133. The van der Waals surface area contributed by atoms with Crippen molar-refractivity contribution in [2.75, 3.05) is 0 Å². The van der Waals surface area contributed by atoms with Crippen LogP contribution in [-0.4, -0.2) is 20.4 Å². The molecule has 0 spiro atoms. The molecule has 0 atom stereocenters. The zero-order valence-electron chi connectivity index (χ0n) is 11.2. The highest BCUT2D eigenvalue weighted by Gasteiger charge is 2.13. The number of halogens is 1. The molecule has 6 heteroatoms. The molecule has 0 aliphatic rings. The number of carbonyl (C=O) groups is 1. The van der Waals surface area contributed by atoms with E-state index in [1.807, 2.05) is 41.0 Å². The van der Waals surface area contributed by atoms with Crippen molar-refractivity contribution < 1.29 is 4.79 Å². The fourth-order valence-corrected chi connectivity index (χ4v) is 2.34. The minimum absolute atomic E-state index is 0.239. The van der Waals surface area contributed by atoms with Crippen LogP contribution >= 0.6 is 11.6 Å². The summed E-state index contributed by atoms with van der Waals surface area (Å²) in [6.07, 6.45) is 1.94. The monoisotopic (exact) mass is 300 g/mol. The molecule has 1 aromatic carbocycles. The average molecular weight is 301 g/mol. The van der Waals surface area contributed by atoms with E-state index in [1.165, 1.54) is 0 Å². The Morgan fingerprint density at radius 1 is 1.24 bits per heavy atom. The van der Waals surface area contributed by atoms with E-state index in [0.717, 1.165) is 22.6 Å². The first-order chi connectivity index (χ1) is 10.1. The molecule has 2 N–H and O–H groups in total. The van der Waals surface area contributed by atoms with Gasteiger partial charge in [-0.15, -0.1) is 0 Å². The maximum atomic E-state index is 11.1. The number of nitrogens with two attached hydrogens (primary N) is 1. The zero-order valence-corrected chi connectivity index (χ0v) is 11.9. The smallest absolute Gasteiger partial charge is 0.219 e. The number of rotatable bonds is 4. The van der Waals surface area contributed by atoms with Crippen molar-refractivity contribution in [3.63, 3.8) is 0 Å². The van der Waals surface area contributed by atoms with Crippen LogP contribution in [0.3, 0.4) is 0 Å². The molecule has 21 heavy (non-hydrogen) atoms. The van der Waals surface area contributed by atoms with E-state index in [0.29, 0.717) is 11.6 Å². The van der Waals surface area contributed by atoms with Gasteiger partial charge in [0.1, 0.15) is 11.3 Å². The summed E-state index contributed by atoms with van der Waals surface area (Å²) in [5.41, 5.74) is 7.69. The molecule has 106 valence electrons. The Balaban J connectivity index is 2.13. The van der Waals surface area contributed by atoms with E-state index in [2.05, 4.69) is 9.97 Å². The van der Waals surface area contributed by atoms with Crippen LogP contribution in [0.15, 0.2) is 42.6 Å². The Morgan fingerprint density at radius 3 is 2.71 bits per heavy atom. The van der Waals surface area contributed by atoms with Gasteiger partial charge in [0.25, 0.3) is 0 Å². The number of hydrogen-bond donors (Lipinski definition) is 1. The number of benzene rings is 1. The molecule has 0 bridgehead atoms. The number of aryl methyl sites for hydroxylation is 1. The van der Waals surface area contributed by atoms with Gasteiger partial charge < -0.3 is 10.3 Å². The van der Waals surface area contributed by atoms with Gasteiger partial charge in [0.2, 0.25) is 5.91 Å². The van der Waals surface area contributed by atoms with E-state index in [9.17, 15) is 4.79 Å². The number of fused-ring (bicyclic) bond motifs is 1. The van der Waals surface area contributed by atoms with E-state index >= 15 is 0 Å². The van der Waals surface area contributed by atoms with E-state index in [-0.39, 0.29) is 12.3 Å². The van der Waals surface area contributed by atoms with Crippen molar-refractivity contribution >= 4 is 28.7 Å². The second kappa shape index (κ2) is 5.54. The Labute approximate surface area is 126 Å². The van der Waals surface area contributed by atoms with Crippen LogP contribution in [-0.2, 0) is 11.3 Å². The molecule has 0 fully saturated rings. The average Bonchev–Trinajstić information content (AvgIpc) is 2.84. The lowest BCUT2D eigenvalue weighted by Gasteiger charge is -2.07. The minimum Gasteiger partial charge on any atom is -0.370 e. The number of amides is 1. The number of pyridine rings is 1. The molecule has 0 radical (unpaired) electrons. The standard InChI is InChI=1S/C15H13ClN4O/c16-11-5-3-10(4-6-11)14-19-12-2-1-8-18-15(12)20(14)9-7-13(17)21/h1-6,8H,7,9H2,(H2,17,21). The lowest BCUT2D eigenvalue weighted by Crippen LogP contribution is -2.14. The molecular weight excluding hydrogens is 288 g/mol. The first kappa shape index (κ1) is 13.6. The van der Waals surface area contributed by atoms with Gasteiger partial charge in [-0.25, -0.2) is 9.97 Å². The first-order valence-electron chi connectivity index (χ1n) is 6.50. The van der Waals surface area contributed by atoms with Gasteiger partial charge in [0.15, 0.2) is 5.65 Å². The van der Waals surface area contributed by atoms with Gasteiger partial charge in [0.05, 0.1) is 0 Å². The first-order valence-corrected chi connectivity index (χ1v) is 6.88. The summed E-state index contributed by atoms with van der Waals surface area (Å²) < 4.78 is 1.91. The third kappa shape index (κ3) is 2.73. The number of nitrogens with zero attached hydrogens (tertiary/aromatic N) is 3. The SMILES string of the molecule is NC(=O)CCn1c(-c2ccc(Cl)cc2)nc2cccnc21. The summed E-state index contributed by atoms with van der Waals surface area (Å²) in [7, 11) is 0. The molecule has 0 aliphatic carbocycles. The van der Waals surface area contributed by atoms with Crippen LogP contribution in [0.2, 0.25) is 5.02 Å². The fourth-order valence-electron chi connectivity index (χ4n) is 2.21. The number of carbonyl (C=O) groups excluding carboxylic acids is 1. The molecule has 0 aliphatic heterocycles. The van der Waals surface area contributed by atoms with Crippen molar-refractivity contribution in [2.24, 2.45) is 5.73 Å². The maximum absolute atomic E-state index is 11.1. The third-order valence-corrected chi connectivity index (χ3v) is 3.44. The second-order valence-electron chi connectivity index (χ2n) is 4.66. The Bertz CT molecular complexity index is 795. The lowest BCUT2D eigenvalue weighted by atomic mass is 10.2. The molecule has 2 heterocycles. The van der Waals surface area contributed by atoms with Gasteiger partial charge in [0, 0.05) is 29.7 Å². The number of imidazole rings is 1. The second-order valence-corrected chi connectivity index (χ2v) is 5.09. The maximum Gasteiger partial charge on any atom is 0.219 e. The topological polar surface area (TPSA) is 73.8 Å². The predicted molar refractivity (Wildman–Crippen MR) is 81.8 cm³/mol. The van der Waals surface area contributed by atoms with Crippen molar-refractivity contribution in [1.82, 2.24) is 14.5 Å². The van der Waals surface area contributed by atoms with Crippen LogP contribution in [0, 0.1) is 0 Å². The highest BCUT2D eigenvalue weighted by molar-refractivity contribution is 6.30. The zero-order chi connectivity index (χ0) is 14.8. The van der Waals surface area contributed by atoms with Crippen molar-refractivity contribution in [3.05, 3.63) is 47.6 Å². The van der Waals surface area contributed by atoms with Crippen LogP contribution in [0.4, 0.5) is 0 Å². The summed E-state index contributed by atoms with van der Waals surface area (Å²) in [5, 5.41) is 0.664. The molecular formula is C15H13ClN4O. The molecule has 0 saturated carbocycles. The van der Waals surface area contributed by atoms with Crippen LogP contribution in [0.5, 0.6) is 0 Å². The number of aromatic nitrogens is 3. The molecule has 2 aromatic heterocycles. The molecule has 1 amide bonds. The van der Waals surface area contributed by atoms with Crippen LogP contribution in [0.25, 0.3) is 22.6 Å². The molecule has 5 nitrogen and oxygen atoms in total. The summed E-state index contributed by atoms with van der Waals surface area (Å²) in [6.45, 7) is 0.445. The van der Waals surface area contributed by atoms with Crippen molar-refractivity contribution in [1.29, 1.82) is 0 Å². The largest absolute Gasteiger partial charge is 0.370 e. The normalized spacial score (nSPS) is 10.9. The molecule has 3 aromatic rings. The van der Waals surface area contributed by atoms with Gasteiger partial charge in [-0.2, -0.15) is 0 Å². The minimum atomic E-state index is -0.352. The van der Waals surface area contributed by atoms with Crippen LogP contribution < -0.4 is 5.73 Å². The summed E-state index contributed by atoms with van der Waals surface area (Å²) >= 11 is 5.92. The quantitative estimate of drug-likeness (QED) is 0.805. The third-order valence-electron chi connectivity index (χ3n) is 3.19. The number of hydrogen-bond acceptors (Lipinski definition) is 3.